The summed E-state index contributed by atoms with van der Waals surface area (Å²) in [4.78, 5) is 22.6. The number of Topliss-reactive ketones (excluding diaryl/α,β-unsaturated/α-hetero) is 1. The van der Waals surface area contributed by atoms with E-state index in [1.807, 2.05) is 4.90 Å². The highest BCUT2D eigenvalue weighted by Gasteiger charge is 2.25. The van der Waals surface area contributed by atoms with E-state index in [2.05, 4.69) is 40.9 Å². The van der Waals surface area contributed by atoms with E-state index in [4.69, 9.17) is 37.6 Å². The molecule has 0 unspecified atom stereocenters. The van der Waals surface area contributed by atoms with Crippen LogP contribution < -0.4 is 20.4 Å². The van der Waals surface area contributed by atoms with Crippen molar-refractivity contribution >= 4 is 51.6 Å². The lowest BCUT2D eigenvalue weighted by molar-refractivity contribution is -0.119. The lowest BCUT2D eigenvalue weighted by Gasteiger charge is -2.30. The second kappa shape index (κ2) is 17.7. The number of rotatable bonds is 8. The minimum absolute atomic E-state index is 0.102. The fraction of sp³-hybridized carbons (Fsp3) is 0.343. The Labute approximate surface area is 315 Å². The van der Waals surface area contributed by atoms with Gasteiger partial charge in [0.1, 0.15) is 41.8 Å². The average molecular weight is 761 g/mol. The number of aromatic nitrogens is 6. The molecule has 0 amide bonds. The molecule has 2 aliphatic rings. The molecule has 0 radical (unpaired) electrons. The molecule has 0 bridgehead atoms. The van der Waals surface area contributed by atoms with Crippen molar-refractivity contribution in [1.82, 2.24) is 40.6 Å². The topological polar surface area (TPSA) is 118 Å². The molecule has 2 fully saturated rings. The van der Waals surface area contributed by atoms with Crippen molar-refractivity contribution in [3.63, 3.8) is 0 Å². The lowest BCUT2D eigenvalue weighted by atomic mass is 10.0. The van der Waals surface area contributed by atoms with Crippen molar-refractivity contribution < 1.29 is 18.0 Å². The predicted molar refractivity (Wildman–Crippen MR) is 201 cm³/mol. The van der Waals surface area contributed by atoms with Crippen LogP contribution in [0, 0.1) is 30.6 Å². The standard InChI is InChI=1S/C19H18FN7S.C16H17F2N5OS/c1-13(28)23-11-15-12-27(25-24-15)16-4-5-18(17(20)10-16)26-8-6-14(7-9-26)19(21-2)22-3;1-10(25)19-8-11-9-23(21-20-11)12-6-14(17)16(15(18)7-12)22-4-2-13(24)3-5-22/h4-5,10,12H,6-9,11H2,1H3,(H,23,28);6-7,9H,2-5,8H2,1H3,(H,19,25). The molecule has 274 valence electrons. The summed E-state index contributed by atoms with van der Waals surface area (Å²) in [5.74, 6) is -1.45. The first-order valence-electron chi connectivity index (χ1n) is 16.5. The zero-order chi connectivity index (χ0) is 38.1. The quantitative estimate of drug-likeness (QED) is 0.172. The molecule has 0 atom stereocenters. The molecular weight excluding hydrogens is 726 g/mol. The van der Waals surface area contributed by atoms with Crippen LogP contribution in [0.15, 0.2) is 54.1 Å². The molecule has 6 rings (SSSR count). The van der Waals surface area contributed by atoms with E-state index in [-0.39, 0.29) is 28.8 Å². The molecule has 4 heterocycles. The van der Waals surface area contributed by atoms with Crippen LogP contribution in [0.3, 0.4) is 0 Å². The number of nitrogens with one attached hydrogen (secondary N) is 2. The summed E-state index contributed by atoms with van der Waals surface area (Å²) in [6.45, 7) is 20.3. The number of benzene rings is 2. The van der Waals surface area contributed by atoms with E-state index in [1.165, 1.54) is 27.6 Å². The minimum Gasteiger partial charge on any atom is -0.374 e. The summed E-state index contributed by atoms with van der Waals surface area (Å²) in [7, 11) is 0. The lowest BCUT2D eigenvalue weighted by Crippen LogP contribution is -2.35. The molecule has 2 aliphatic heterocycles. The molecule has 2 aromatic heterocycles. The first-order chi connectivity index (χ1) is 25.4. The monoisotopic (exact) mass is 760 g/mol. The molecule has 2 N–H and O–H groups in total. The molecule has 0 aliphatic carbocycles. The van der Waals surface area contributed by atoms with E-state index < -0.39 is 11.6 Å². The van der Waals surface area contributed by atoms with Crippen molar-refractivity contribution in [2.24, 2.45) is 0 Å². The molecule has 0 spiro atoms. The number of halogens is 3. The number of hydrogen-bond donors (Lipinski definition) is 2. The van der Waals surface area contributed by atoms with Gasteiger partial charge in [-0.25, -0.2) is 22.5 Å². The zero-order valence-corrected chi connectivity index (χ0v) is 30.6. The Morgan fingerprint density at radius 3 is 1.74 bits per heavy atom. The Hall–Kier alpha value is -5.72. The van der Waals surface area contributed by atoms with Crippen LogP contribution in [0.25, 0.3) is 21.1 Å². The Balaban J connectivity index is 0.000000206. The van der Waals surface area contributed by atoms with Crippen LogP contribution in [-0.2, 0) is 17.9 Å². The largest absolute Gasteiger partial charge is 0.518 e. The van der Waals surface area contributed by atoms with Crippen molar-refractivity contribution in [1.29, 1.82) is 0 Å². The van der Waals surface area contributed by atoms with Gasteiger partial charge in [0, 0.05) is 62.8 Å². The van der Waals surface area contributed by atoms with Gasteiger partial charge in [-0.2, -0.15) is 9.69 Å². The number of thiocarbonyl (C=S) groups is 2. The summed E-state index contributed by atoms with van der Waals surface area (Å²) >= 11 is 9.89. The summed E-state index contributed by atoms with van der Waals surface area (Å²) in [5, 5.41) is 21.9. The third-order valence-electron chi connectivity index (χ3n) is 8.45. The summed E-state index contributed by atoms with van der Waals surface area (Å²) in [6, 6.07) is 7.38. The van der Waals surface area contributed by atoms with Crippen molar-refractivity contribution in [3.8, 4) is 11.4 Å². The van der Waals surface area contributed by atoms with Crippen molar-refractivity contribution in [2.45, 2.75) is 52.6 Å². The smallest absolute Gasteiger partial charge is 0.374 e. The molecule has 53 heavy (non-hydrogen) atoms. The Morgan fingerprint density at radius 2 is 1.25 bits per heavy atom. The Bertz CT molecular complexity index is 2070. The van der Waals surface area contributed by atoms with Crippen LogP contribution >= 0.6 is 24.4 Å². The predicted octanol–water partition coefficient (Wildman–Crippen LogP) is 5.65. The molecule has 13 nitrogen and oxygen atoms in total. The van der Waals surface area contributed by atoms with E-state index >= 15 is 0 Å². The van der Waals surface area contributed by atoms with Crippen LogP contribution in [0.1, 0.15) is 50.9 Å². The van der Waals surface area contributed by atoms with Crippen molar-refractivity contribution in [3.05, 3.63) is 106 Å². The molecular formula is C35H35F3N12OS2. The highest BCUT2D eigenvalue weighted by atomic mass is 32.1. The first-order valence-corrected chi connectivity index (χ1v) is 17.4. The van der Waals surface area contributed by atoms with Crippen LogP contribution in [-0.4, -0.2) is 71.9 Å². The fourth-order valence-corrected chi connectivity index (χ4v) is 5.87. The second-order valence-corrected chi connectivity index (χ2v) is 13.4. The van der Waals surface area contributed by atoms with Gasteiger partial charge in [0.2, 0.25) is 0 Å². The molecule has 18 heteroatoms. The first kappa shape index (κ1) is 38.5. The van der Waals surface area contributed by atoms with E-state index in [9.17, 15) is 18.0 Å². The SMILES string of the molecule is CC(=S)NCc1cn(-c2cc(F)c(N3CCC(=O)CC3)c(F)c2)nn1.[C-]#[N+]C([N+]#[C-])=C1CCN(c2ccc(-n3cc(CNC(C)=S)nn3)cc2F)CC1. The van der Waals surface area contributed by atoms with Gasteiger partial charge >= 0.3 is 5.82 Å². The number of hydrogen-bond acceptors (Lipinski definition) is 9. The molecule has 2 aromatic carbocycles. The van der Waals surface area contributed by atoms with E-state index in [0.717, 1.165) is 5.57 Å². The number of nitrogens with zero attached hydrogens (tertiary/aromatic N) is 10. The highest BCUT2D eigenvalue weighted by Crippen LogP contribution is 2.30. The molecule has 4 aromatic rings. The highest BCUT2D eigenvalue weighted by molar-refractivity contribution is 7.80. The van der Waals surface area contributed by atoms with Gasteiger partial charge in [0.25, 0.3) is 0 Å². The van der Waals surface area contributed by atoms with Gasteiger partial charge in [0.15, 0.2) is 11.6 Å². The second-order valence-electron chi connectivity index (χ2n) is 12.2. The number of anilines is 2. The van der Waals surface area contributed by atoms with Crippen LogP contribution in [0.4, 0.5) is 24.5 Å². The normalized spacial score (nSPS) is 14.1. The van der Waals surface area contributed by atoms with Gasteiger partial charge in [-0.1, -0.05) is 34.9 Å². The molecule has 2 saturated heterocycles. The number of piperidine rings is 2. The van der Waals surface area contributed by atoms with Crippen molar-refractivity contribution in [2.75, 3.05) is 36.0 Å². The maximum Gasteiger partial charge on any atom is 0.518 e. The molecule has 0 saturated carbocycles. The third kappa shape index (κ3) is 10.00. The van der Waals surface area contributed by atoms with Gasteiger partial charge in [0.05, 0.1) is 52.5 Å². The maximum absolute atomic E-state index is 14.7. The zero-order valence-electron chi connectivity index (χ0n) is 28.9. The maximum atomic E-state index is 14.7. The summed E-state index contributed by atoms with van der Waals surface area (Å²) in [5.41, 5.74) is 3.39. The third-order valence-corrected chi connectivity index (χ3v) is 8.74. The van der Waals surface area contributed by atoms with Crippen LogP contribution in [0.2, 0.25) is 0 Å². The van der Waals surface area contributed by atoms with Gasteiger partial charge in [-0.05, 0) is 38.8 Å². The van der Waals surface area contributed by atoms with Gasteiger partial charge in [-0.15, -0.1) is 10.2 Å². The van der Waals surface area contributed by atoms with E-state index in [0.29, 0.717) is 97.7 Å². The van der Waals surface area contributed by atoms with Crippen LogP contribution in [0.5, 0.6) is 0 Å². The summed E-state index contributed by atoms with van der Waals surface area (Å²) in [6.07, 6.45) is 5.12. The number of ketones is 1. The van der Waals surface area contributed by atoms with Gasteiger partial charge in [-0.3, -0.25) is 4.79 Å². The average Bonchev–Trinajstić information content (AvgIpc) is 3.82. The summed E-state index contributed by atoms with van der Waals surface area (Å²) < 4.78 is 46.5. The Morgan fingerprint density at radius 1 is 0.755 bits per heavy atom. The number of carbonyl (C=O) groups excluding carboxylic acids is 1. The fourth-order valence-electron chi connectivity index (χ4n) is 5.73. The minimum atomic E-state index is -0.686. The van der Waals surface area contributed by atoms with E-state index in [1.54, 1.807) is 43.3 Å². The van der Waals surface area contributed by atoms with Gasteiger partial charge < -0.3 is 20.4 Å². The Kier molecular flexibility index (Phi) is 12.8. The number of carbonyl (C=O) groups is 1.